The van der Waals surface area contributed by atoms with Crippen molar-refractivity contribution >= 4 is 39.6 Å². The number of carbonyl (C=O) groups excluding carboxylic acids is 1. The minimum absolute atomic E-state index is 0.218. The number of nitrogens with zero attached hydrogens (tertiary/aromatic N) is 6. The monoisotopic (exact) mass is 415 g/mol. The van der Waals surface area contributed by atoms with E-state index in [1.54, 1.807) is 29.2 Å². The van der Waals surface area contributed by atoms with Gasteiger partial charge in [-0.3, -0.25) is 4.79 Å². The molecule has 0 atom stereocenters. The van der Waals surface area contributed by atoms with Crippen LogP contribution in [0.5, 0.6) is 0 Å². The van der Waals surface area contributed by atoms with Crippen LogP contribution >= 0.6 is 0 Å². The fourth-order valence-electron chi connectivity index (χ4n) is 4.07. The van der Waals surface area contributed by atoms with E-state index in [1.807, 2.05) is 37.2 Å². The number of rotatable bonds is 4. The van der Waals surface area contributed by atoms with Crippen molar-refractivity contribution in [3.8, 4) is 0 Å². The van der Waals surface area contributed by atoms with Crippen molar-refractivity contribution in [3.05, 3.63) is 54.5 Å². The van der Waals surface area contributed by atoms with E-state index in [1.165, 1.54) is 6.42 Å². The maximum Gasteiger partial charge on any atom is 0.261 e. The third-order valence-corrected chi connectivity index (χ3v) is 5.72. The molecule has 1 aliphatic heterocycles. The number of hydrogen-bond donors (Lipinski definition) is 1. The minimum atomic E-state index is -0.218. The Labute approximate surface area is 180 Å². The molecule has 3 aromatic heterocycles. The van der Waals surface area contributed by atoms with Gasteiger partial charge in [-0.15, -0.1) is 0 Å². The van der Waals surface area contributed by atoms with Crippen molar-refractivity contribution in [2.45, 2.75) is 19.3 Å². The molecule has 0 aliphatic carbocycles. The molecule has 0 unspecified atom stereocenters. The quantitative estimate of drug-likeness (QED) is 0.549. The molecule has 1 aliphatic rings. The molecule has 1 N–H and O–H groups in total. The maximum absolute atomic E-state index is 13.2. The molecule has 8 heteroatoms. The number of hydrogen-bond acceptors (Lipinski definition) is 6. The lowest BCUT2D eigenvalue weighted by molar-refractivity contribution is 0.102. The van der Waals surface area contributed by atoms with Gasteiger partial charge < -0.3 is 15.1 Å². The number of piperidine rings is 1. The van der Waals surface area contributed by atoms with Crippen molar-refractivity contribution in [1.82, 2.24) is 19.6 Å². The lowest BCUT2D eigenvalue weighted by atomic mass is 10.1. The average molecular weight is 416 g/mol. The minimum Gasteiger partial charge on any atom is -0.370 e. The Morgan fingerprint density at radius 2 is 1.97 bits per heavy atom. The van der Waals surface area contributed by atoms with E-state index >= 15 is 0 Å². The molecule has 158 valence electrons. The Morgan fingerprint density at radius 1 is 1.13 bits per heavy atom. The highest BCUT2D eigenvalue weighted by atomic mass is 16.1. The first-order valence-electron chi connectivity index (χ1n) is 10.6. The Morgan fingerprint density at radius 3 is 2.77 bits per heavy atom. The van der Waals surface area contributed by atoms with E-state index < -0.39 is 0 Å². The topological polar surface area (TPSA) is 78.7 Å². The van der Waals surface area contributed by atoms with Gasteiger partial charge in [-0.1, -0.05) is 0 Å². The summed E-state index contributed by atoms with van der Waals surface area (Å²) in [5.41, 5.74) is 3.70. The standard InChI is InChI=1S/C23H25N7O/c1-28(2)21-8-7-16-13-19(20(14-18(16)26-21)29-10-4-3-5-11-29)27-23(31)17-15-25-30-12-6-9-24-22(17)30/h6-9,12-15H,3-5,10-11H2,1-2H3,(H,27,31). The van der Waals surface area contributed by atoms with Gasteiger partial charge in [0.05, 0.1) is 23.1 Å². The highest BCUT2D eigenvalue weighted by Gasteiger charge is 2.20. The van der Waals surface area contributed by atoms with Crippen LogP contribution in [0.25, 0.3) is 16.6 Å². The third kappa shape index (κ3) is 3.65. The molecule has 0 spiro atoms. The van der Waals surface area contributed by atoms with Gasteiger partial charge in [0.2, 0.25) is 0 Å². The van der Waals surface area contributed by atoms with Crippen LogP contribution in [0.15, 0.2) is 48.9 Å². The molecule has 4 aromatic rings. The van der Waals surface area contributed by atoms with E-state index in [0.717, 1.165) is 54.0 Å². The number of pyridine rings is 1. The number of nitrogens with one attached hydrogen (secondary N) is 1. The first-order valence-corrected chi connectivity index (χ1v) is 10.6. The molecule has 5 rings (SSSR count). The van der Waals surface area contributed by atoms with Crippen molar-refractivity contribution in [2.75, 3.05) is 42.3 Å². The molecule has 0 saturated carbocycles. The van der Waals surface area contributed by atoms with Crippen LogP contribution in [0.1, 0.15) is 29.6 Å². The van der Waals surface area contributed by atoms with Crippen LogP contribution < -0.4 is 15.1 Å². The maximum atomic E-state index is 13.2. The van der Waals surface area contributed by atoms with Crippen molar-refractivity contribution < 1.29 is 4.79 Å². The van der Waals surface area contributed by atoms with Gasteiger partial charge in [-0.05, 0) is 49.6 Å². The van der Waals surface area contributed by atoms with Crippen molar-refractivity contribution in [3.63, 3.8) is 0 Å². The predicted molar refractivity (Wildman–Crippen MR) is 123 cm³/mol. The van der Waals surface area contributed by atoms with Gasteiger partial charge in [0.1, 0.15) is 11.4 Å². The van der Waals surface area contributed by atoms with Crippen LogP contribution in [0.3, 0.4) is 0 Å². The van der Waals surface area contributed by atoms with Crippen LogP contribution in [0, 0.1) is 0 Å². The molecule has 1 fully saturated rings. The van der Waals surface area contributed by atoms with Crippen LogP contribution in [-0.2, 0) is 0 Å². The zero-order valence-electron chi connectivity index (χ0n) is 17.7. The summed E-state index contributed by atoms with van der Waals surface area (Å²) >= 11 is 0. The molecule has 8 nitrogen and oxygen atoms in total. The van der Waals surface area contributed by atoms with Gasteiger partial charge in [0.15, 0.2) is 5.65 Å². The summed E-state index contributed by atoms with van der Waals surface area (Å²) in [6.45, 7) is 1.94. The molecule has 0 radical (unpaired) electrons. The summed E-state index contributed by atoms with van der Waals surface area (Å²) in [5.74, 6) is 0.690. The zero-order valence-corrected chi connectivity index (χ0v) is 17.7. The van der Waals surface area contributed by atoms with Gasteiger partial charge in [-0.25, -0.2) is 14.5 Å². The summed E-state index contributed by atoms with van der Waals surface area (Å²) in [7, 11) is 3.97. The molecule has 0 bridgehead atoms. The second-order valence-corrected chi connectivity index (χ2v) is 8.07. The third-order valence-electron chi connectivity index (χ3n) is 5.72. The smallest absolute Gasteiger partial charge is 0.261 e. The van der Waals surface area contributed by atoms with E-state index in [9.17, 15) is 4.79 Å². The molecule has 1 aromatic carbocycles. The van der Waals surface area contributed by atoms with Crippen LogP contribution in [-0.4, -0.2) is 52.7 Å². The van der Waals surface area contributed by atoms with Crippen LogP contribution in [0.2, 0.25) is 0 Å². The second kappa shape index (κ2) is 7.86. The molecule has 1 amide bonds. The van der Waals surface area contributed by atoms with Gasteiger partial charge >= 0.3 is 0 Å². The van der Waals surface area contributed by atoms with Gasteiger partial charge in [-0.2, -0.15) is 5.10 Å². The van der Waals surface area contributed by atoms with E-state index in [2.05, 4.69) is 26.4 Å². The predicted octanol–water partition coefficient (Wildman–Crippen LogP) is 3.59. The molecular weight excluding hydrogens is 390 g/mol. The SMILES string of the molecule is CN(C)c1ccc2cc(NC(=O)c3cnn4cccnc34)c(N3CCCCC3)cc2n1. The number of amides is 1. The summed E-state index contributed by atoms with van der Waals surface area (Å²) in [6, 6.07) is 9.93. The summed E-state index contributed by atoms with van der Waals surface area (Å²) in [5, 5.41) is 8.34. The zero-order chi connectivity index (χ0) is 21.4. The van der Waals surface area contributed by atoms with E-state index in [4.69, 9.17) is 4.98 Å². The Bertz CT molecular complexity index is 1260. The van der Waals surface area contributed by atoms with E-state index in [0.29, 0.717) is 11.2 Å². The molecular formula is C23H25N7O. The van der Waals surface area contributed by atoms with Crippen molar-refractivity contribution in [2.24, 2.45) is 0 Å². The summed E-state index contributed by atoms with van der Waals surface area (Å²) in [4.78, 5) is 26.6. The fourth-order valence-corrected chi connectivity index (χ4v) is 4.07. The fraction of sp³-hybridized carbons (Fsp3) is 0.304. The average Bonchev–Trinajstić information content (AvgIpc) is 3.23. The lowest BCUT2D eigenvalue weighted by Gasteiger charge is -2.31. The highest BCUT2D eigenvalue weighted by Crippen LogP contribution is 2.34. The Hall–Kier alpha value is -3.68. The number of aromatic nitrogens is 4. The number of benzene rings is 1. The molecule has 4 heterocycles. The first-order chi connectivity index (χ1) is 15.1. The number of fused-ring (bicyclic) bond motifs is 2. The molecule has 1 saturated heterocycles. The number of carbonyl (C=O) groups is 1. The lowest BCUT2D eigenvalue weighted by Crippen LogP contribution is -2.30. The normalized spacial score (nSPS) is 14.2. The van der Waals surface area contributed by atoms with E-state index in [-0.39, 0.29) is 5.91 Å². The van der Waals surface area contributed by atoms with Gasteiger partial charge in [0, 0.05) is 45.0 Å². The summed E-state index contributed by atoms with van der Waals surface area (Å²) in [6.07, 6.45) is 8.54. The van der Waals surface area contributed by atoms with Crippen molar-refractivity contribution in [1.29, 1.82) is 0 Å². The number of anilines is 3. The van der Waals surface area contributed by atoms with Crippen LogP contribution in [0.4, 0.5) is 17.2 Å². The Balaban J connectivity index is 1.57. The van der Waals surface area contributed by atoms with Gasteiger partial charge in [0.25, 0.3) is 5.91 Å². The largest absolute Gasteiger partial charge is 0.370 e. The second-order valence-electron chi connectivity index (χ2n) is 8.07. The molecule has 31 heavy (non-hydrogen) atoms. The Kier molecular flexibility index (Phi) is 4.89. The summed E-state index contributed by atoms with van der Waals surface area (Å²) < 4.78 is 1.60. The first kappa shape index (κ1) is 19.3. The highest BCUT2D eigenvalue weighted by molar-refractivity contribution is 6.10.